The zero-order chi connectivity index (χ0) is 21.0. The molecule has 160 valence electrons. The molecule has 6 atom stereocenters. The van der Waals surface area contributed by atoms with E-state index in [1.54, 1.807) is 0 Å². The predicted molar refractivity (Wildman–Crippen MR) is 101 cm³/mol. The normalized spacial score (nSPS) is 37.7. The average molecular weight is 447 g/mol. The van der Waals surface area contributed by atoms with Crippen molar-refractivity contribution in [2.24, 2.45) is 0 Å². The van der Waals surface area contributed by atoms with Gasteiger partial charge in [0, 0.05) is 12.3 Å². The van der Waals surface area contributed by atoms with Crippen molar-refractivity contribution in [1.82, 2.24) is 14.6 Å². The van der Waals surface area contributed by atoms with Gasteiger partial charge in [-0.3, -0.25) is 28.2 Å². The van der Waals surface area contributed by atoms with E-state index in [1.807, 2.05) is 0 Å². The van der Waals surface area contributed by atoms with Crippen molar-refractivity contribution >= 4 is 25.9 Å². The Bertz CT molecular complexity index is 973. The second-order valence-electron chi connectivity index (χ2n) is 7.58. The van der Waals surface area contributed by atoms with Crippen LogP contribution in [0.1, 0.15) is 32.9 Å². The molecular weight excluding hydrogens is 425 g/mol. The van der Waals surface area contributed by atoms with Crippen LogP contribution in [-0.4, -0.2) is 57.2 Å². The van der Waals surface area contributed by atoms with Crippen LogP contribution in [0.15, 0.2) is 17.1 Å². The molecule has 0 radical (unpaired) electrons. The molecule has 0 spiro atoms. The molecule has 1 aromatic rings. The number of ether oxygens (including phenoxy) is 2. The van der Waals surface area contributed by atoms with Crippen LogP contribution in [0.4, 0.5) is 0 Å². The van der Waals surface area contributed by atoms with E-state index in [4.69, 9.17) is 30.7 Å². The lowest BCUT2D eigenvalue weighted by molar-refractivity contribution is -0.146. The lowest BCUT2D eigenvalue weighted by atomic mass is 9.96. The molecule has 4 unspecified atom stereocenters. The highest BCUT2D eigenvalue weighted by molar-refractivity contribution is 7.71. The number of aromatic amines is 1. The van der Waals surface area contributed by atoms with Gasteiger partial charge >= 0.3 is 13.7 Å². The van der Waals surface area contributed by atoms with Gasteiger partial charge in [0.1, 0.15) is 30.0 Å². The average Bonchev–Trinajstić information content (AvgIpc) is 3.41. The Kier molecular flexibility index (Phi) is 5.31. The minimum Gasteiger partial charge on any atom is -0.461 e. The van der Waals surface area contributed by atoms with Crippen molar-refractivity contribution < 1.29 is 33.0 Å². The number of H-pyrrole nitrogens is 1. The largest absolute Gasteiger partial charge is 0.461 e. The Hall–Kier alpha value is -1.40. The number of nitrogens with zero attached hydrogens (tertiary/aromatic N) is 1. The van der Waals surface area contributed by atoms with Crippen molar-refractivity contribution in [1.29, 1.82) is 0 Å². The quantitative estimate of drug-likeness (QED) is 0.337. The van der Waals surface area contributed by atoms with Crippen LogP contribution in [0.5, 0.6) is 0 Å². The van der Waals surface area contributed by atoms with E-state index < -0.39 is 43.8 Å². The topological polar surface area (TPSA) is 141 Å². The molecule has 0 aromatic carbocycles. The van der Waals surface area contributed by atoms with Crippen molar-refractivity contribution in [3.63, 3.8) is 0 Å². The zero-order valence-corrected chi connectivity index (χ0v) is 17.5. The molecule has 13 heteroatoms. The number of carbonyl (C=O) groups is 1. The van der Waals surface area contributed by atoms with Gasteiger partial charge in [-0.1, -0.05) is 0 Å². The monoisotopic (exact) mass is 447 g/mol. The number of fused-ring (bicyclic) bond motifs is 1. The molecule has 29 heavy (non-hydrogen) atoms. The Morgan fingerprint density at radius 3 is 2.93 bits per heavy atom. The van der Waals surface area contributed by atoms with Gasteiger partial charge in [0.2, 0.25) is 0 Å². The van der Waals surface area contributed by atoms with E-state index in [2.05, 4.69) is 10.1 Å². The molecule has 4 rings (SSSR count). The fraction of sp³-hybridized carbons (Fsp3) is 0.688. The summed E-state index contributed by atoms with van der Waals surface area (Å²) in [5.74, 6) is -0.552. The predicted octanol–water partition coefficient (Wildman–Crippen LogP) is 0.761. The lowest BCUT2D eigenvalue weighted by Crippen LogP contribution is -2.49. The van der Waals surface area contributed by atoms with Crippen molar-refractivity contribution in [3.8, 4) is 0 Å². The smallest absolute Gasteiger partial charge is 0.406 e. The van der Waals surface area contributed by atoms with Gasteiger partial charge in [-0.2, -0.15) is 0 Å². The van der Waals surface area contributed by atoms with Crippen LogP contribution in [-0.2, 0) is 27.9 Å². The lowest BCUT2D eigenvalue weighted by Gasteiger charge is -2.36. The third-order valence-corrected chi connectivity index (χ3v) is 7.00. The number of aliphatic hydroxyl groups is 1. The number of rotatable bonds is 5. The molecule has 3 heterocycles. The van der Waals surface area contributed by atoms with E-state index in [0.717, 1.165) is 12.8 Å². The molecule has 1 aliphatic carbocycles. The summed E-state index contributed by atoms with van der Waals surface area (Å²) in [5, 5.41) is 13.6. The van der Waals surface area contributed by atoms with Crippen LogP contribution < -0.4 is 10.6 Å². The number of carbonyl (C=O) groups excluding carboxylic acids is 1. The van der Waals surface area contributed by atoms with Gasteiger partial charge in [-0.05, 0) is 38.9 Å². The van der Waals surface area contributed by atoms with E-state index in [0.29, 0.717) is 0 Å². The summed E-state index contributed by atoms with van der Waals surface area (Å²) in [6, 6.07) is 0.322. The van der Waals surface area contributed by atoms with Crippen LogP contribution in [0.2, 0.25) is 0 Å². The highest BCUT2D eigenvalue weighted by atomic mass is 32.1. The maximum atomic E-state index is 13.0. The summed E-state index contributed by atoms with van der Waals surface area (Å²) < 4.78 is 36.4. The zero-order valence-electron chi connectivity index (χ0n) is 15.8. The SMILES string of the molecule is C[C@H](NP1(=O)OC[C@H]2OC(n3ccc(=O)[nH]c3=S)C(C)(O)C2O1)C(=O)OC1CC1. The van der Waals surface area contributed by atoms with E-state index in [-0.39, 0.29) is 23.0 Å². The molecule has 1 saturated carbocycles. The first-order valence-corrected chi connectivity index (χ1v) is 11.1. The third-order valence-electron chi connectivity index (χ3n) is 4.99. The molecule has 3 N–H and O–H groups in total. The van der Waals surface area contributed by atoms with Crippen LogP contribution in [0.25, 0.3) is 0 Å². The first-order chi connectivity index (χ1) is 13.6. The first kappa shape index (κ1) is 20.9. The fourth-order valence-corrected chi connectivity index (χ4v) is 5.34. The van der Waals surface area contributed by atoms with Crippen LogP contribution >= 0.6 is 20.0 Å². The summed E-state index contributed by atoms with van der Waals surface area (Å²) in [7, 11) is -3.92. The molecule has 3 fully saturated rings. The highest BCUT2D eigenvalue weighted by Gasteiger charge is 2.59. The van der Waals surface area contributed by atoms with Gasteiger partial charge < -0.3 is 14.6 Å². The maximum Gasteiger partial charge on any atom is 0.406 e. The Morgan fingerprint density at radius 2 is 2.28 bits per heavy atom. The number of esters is 1. The standard InChI is InChI=1S/C16H22N3O8PS/c1-8(13(21)25-9-3-4-9)18-28(23)24-7-10-12(27-28)16(2,22)14(26-10)19-6-5-11(20)17-15(19)29/h5-6,8-10,12,14,22H,3-4,7H2,1-2H3,(H,18,23)(H,17,20,29)/t8-,10+,12?,14?,16?,28?/m0/s1. The molecule has 3 aliphatic rings. The molecule has 0 bridgehead atoms. The summed E-state index contributed by atoms with van der Waals surface area (Å²) >= 11 is 5.14. The summed E-state index contributed by atoms with van der Waals surface area (Å²) in [6.07, 6.45) is 0.183. The van der Waals surface area contributed by atoms with Crippen molar-refractivity contribution in [2.45, 2.75) is 62.9 Å². The summed E-state index contributed by atoms with van der Waals surface area (Å²) in [5.41, 5.74) is -2.04. The van der Waals surface area contributed by atoms with Crippen molar-refractivity contribution in [2.75, 3.05) is 6.61 Å². The van der Waals surface area contributed by atoms with Gasteiger partial charge in [-0.15, -0.1) is 0 Å². The van der Waals surface area contributed by atoms with Crippen LogP contribution in [0.3, 0.4) is 0 Å². The van der Waals surface area contributed by atoms with Gasteiger partial charge in [0.05, 0.1) is 6.61 Å². The molecule has 2 aliphatic heterocycles. The number of hydrogen-bond acceptors (Lipinski definition) is 9. The fourth-order valence-electron chi connectivity index (χ4n) is 3.31. The second-order valence-corrected chi connectivity index (χ2v) is 9.69. The molecule has 0 amide bonds. The Labute approximate surface area is 170 Å². The maximum absolute atomic E-state index is 13.0. The number of hydrogen-bond donors (Lipinski definition) is 3. The van der Waals surface area contributed by atoms with Crippen molar-refractivity contribution in [3.05, 3.63) is 27.4 Å². The van der Waals surface area contributed by atoms with Crippen LogP contribution in [0, 0.1) is 4.77 Å². The minimum absolute atomic E-state index is 0.0556. The highest BCUT2D eigenvalue weighted by Crippen LogP contribution is 2.55. The molecule has 11 nitrogen and oxygen atoms in total. The van der Waals surface area contributed by atoms with Gasteiger partial charge in [0.25, 0.3) is 5.56 Å². The summed E-state index contributed by atoms with van der Waals surface area (Å²) in [4.78, 5) is 25.9. The first-order valence-electron chi connectivity index (χ1n) is 9.20. The van der Waals surface area contributed by atoms with E-state index in [9.17, 15) is 19.3 Å². The van der Waals surface area contributed by atoms with Gasteiger partial charge in [0.15, 0.2) is 11.0 Å². The Morgan fingerprint density at radius 1 is 1.55 bits per heavy atom. The number of aromatic nitrogens is 2. The van der Waals surface area contributed by atoms with E-state index >= 15 is 0 Å². The molecular formula is C16H22N3O8PS. The third kappa shape index (κ3) is 4.11. The van der Waals surface area contributed by atoms with Gasteiger partial charge in [-0.25, -0.2) is 9.65 Å². The summed E-state index contributed by atoms with van der Waals surface area (Å²) in [6.45, 7) is 2.81. The Balaban J connectivity index is 1.50. The second kappa shape index (κ2) is 7.38. The minimum atomic E-state index is -3.92. The molecule has 2 saturated heterocycles. The number of nitrogens with one attached hydrogen (secondary N) is 2. The van der Waals surface area contributed by atoms with E-state index in [1.165, 1.54) is 30.7 Å². The molecule has 1 aromatic heterocycles.